The Kier molecular flexibility index (Phi) is 5.80. The van der Waals surface area contributed by atoms with Crippen molar-refractivity contribution in [3.05, 3.63) is 28.5 Å². The van der Waals surface area contributed by atoms with Crippen LogP contribution in [0, 0.1) is 11.3 Å². The van der Waals surface area contributed by atoms with E-state index in [1.807, 2.05) is 6.20 Å². The van der Waals surface area contributed by atoms with Crippen molar-refractivity contribution < 1.29 is 0 Å². The average Bonchev–Trinajstić information content (AvgIpc) is 2.29. The van der Waals surface area contributed by atoms with E-state index in [0.717, 1.165) is 17.4 Å². The molecule has 0 radical (unpaired) electrons. The Labute approximate surface area is 120 Å². The van der Waals surface area contributed by atoms with Crippen LogP contribution in [0.2, 0.25) is 0 Å². The fraction of sp³-hybridized carbons (Fsp3) is 0.667. The zero-order valence-electron chi connectivity index (χ0n) is 12.1. The zero-order valence-corrected chi connectivity index (χ0v) is 13.7. The Morgan fingerprint density at radius 3 is 2.39 bits per heavy atom. The van der Waals surface area contributed by atoms with Crippen LogP contribution in [0.3, 0.4) is 0 Å². The number of pyridine rings is 1. The van der Waals surface area contributed by atoms with Crippen LogP contribution < -0.4 is 5.32 Å². The molecule has 102 valence electrons. The standard InChI is InChI=1S/C15H25BrN2/c1-11(2)15(5,10-18-12(3)4)8-14-7-6-13(16)9-17-14/h6-7,9,11-12,18H,8,10H2,1-5H3. The summed E-state index contributed by atoms with van der Waals surface area (Å²) in [4.78, 5) is 4.50. The molecule has 0 aliphatic heterocycles. The van der Waals surface area contributed by atoms with Crippen LogP contribution in [-0.4, -0.2) is 17.6 Å². The number of hydrogen-bond donors (Lipinski definition) is 1. The fourth-order valence-electron chi connectivity index (χ4n) is 1.83. The van der Waals surface area contributed by atoms with Gasteiger partial charge in [0.1, 0.15) is 0 Å². The maximum atomic E-state index is 4.50. The molecule has 1 atom stereocenters. The first kappa shape index (κ1) is 15.6. The van der Waals surface area contributed by atoms with E-state index < -0.39 is 0 Å². The van der Waals surface area contributed by atoms with Gasteiger partial charge in [-0.2, -0.15) is 0 Å². The Hall–Kier alpha value is -0.410. The van der Waals surface area contributed by atoms with Crippen molar-refractivity contribution in [1.82, 2.24) is 10.3 Å². The summed E-state index contributed by atoms with van der Waals surface area (Å²) in [5.74, 6) is 0.620. The van der Waals surface area contributed by atoms with E-state index in [-0.39, 0.29) is 5.41 Å². The van der Waals surface area contributed by atoms with Gasteiger partial charge in [-0.05, 0) is 45.8 Å². The van der Waals surface area contributed by atoms with Crippen LogP contribution in [0.4, 0.5) is 0 Å². The Balaban J connectivity index is 2.75. The monoisotopic (exact) mass is 312 g/mol. The Morgan fingerprint density at radius 2 is 1.94 bits per heavy atom. The second-order valence-corrected chi connectivity index (χ2v) is 6.90. The van der Waals surface area contributed by atoms with Gasteiger partial charge in [-0.3, -0.25) is 4.98 Å². The smallest absolute Gasteiger partial charge is 0.0413 e. The summed E-state index contributed by atoms with van der Waals surface area (Å²) in [6, 6.07) is 4.71. The average molecular weight is 313 g/mol. The van der Waals surface area contributed by atoms with Crippen molar-refractivity contribution in [2.45, 2.75) is 47.1 Å². The number of aromatic nitrogens is 1. The summed E-state index contributed by atoms with van der Waals surface area (Å²) in [6.07, 6.45) is 2.89. The predicted octanol–water partition coefficient (Wildman–Crippen LogP) is 4.05. The van der Waals surface area contributed by atoms with Gasteiger partial charge in [0.2, 0.25) is 0 Å². The highest BCUT2D eigenvalue weighted by molar-refractivity contribution is 9.10. The van der Waals surface area contributed by atoms with Crippen molar-refractivity contribution in [2.75, 3.05) is 6.54 Å². The third kappa shape index (κ3) is 4.69. The van der Waals surface area contributed by atoms with Crippen LogP contribution in [0.25, 0.3) is 0 Å². The summed E-state index contributed by atoms with van der Waals surface area (Å²) in [5, 5.41) is 3.56. The molecule has 0 aliphatic rings. The van der Waals surface area contributed by atoms with Crippen LogP contribution in [0.5, 0.6) is 0 Å². The molecule has 3 heteroatoms. The molecule has 1 aromatic heterocycles. The van der Waals surface area contributed by atoms with Gasteiger partial charge in [0, 0.05) is 29.0 Å². The zero-order chi connectivity index (χ0) is 13.8. The predicted molar refractivity (Wildman–Crippen MR) is 81.7 cm³/mol. The van der Waals surface area contributed by atoms with Crippen molar-refractivity contribution in [3.63, 3.8) is 0 Å². The summed E-state index contributed by atoms with van der Waals surface area (Å²) in [5.41, 5.74) is 1.41. The largest absolute Gasteiger partial charge is 0.314 e. The van der Waals surface area contributed by atoms with E-state index in [0.29, 0.717) is 12.0 Å². The minimum atomic E-state index is 0.241. The number of hydrogen-bond acceptors (Lipinski definition) is 2. The summed E-state index contributed by atoms with van der Waals surface area (Å²) < 4.78 is 1.04. The molecular formula is C15H25BrN2. The number of rotatable bonds is 6. The molecule has 0 fully saturated rings. The minimum absolute atomic E-state index is 0.241. The lowest BCUT2D eigenvalue weighted by Gasteiger charge is -2.34. The third-order valence-corrected chi connectivity index (χ3v) is 4.15. The first-order valence-electron chi connectivity index (χ1n) is 6.67. The molecule has 0 aliphatic carbocycles. The Bertz CT molecular complexity index is 359. The van der Waals surface area contributed by atoms with Gasteiger partial charge in [0.15, 0.2) is 0 Å². The lowest BCUT2D eigenvalue weighted by Crippen LogP contribution is -2.40. The molecule has 1 aromatic rings. The molecule has 1 heterocycles. The van der Waals surface area contributed by atoms with Crippen LogP contribution in [0.1, 0.15) is 40.3 Å². The minimum Gasteiger partial charge on any atom is -0.314 e. The van der Waals surface area contributed by atoms with Gasteiger partial charge >= 0.3 is 0 Å². The summed E-state index contributed by atoms with van der Waals surface area (Å²) >= 11 is 3.43. The fourth-order valence-corrected chi connectivity index (χ4v) is 2.07. The van der Waals surface area contributed by atoms with E-state index in [2.05, 4.69) is 73.0 Å². The van der Waals surface area contributed by atoms with Gasteiger partial charge in [0.05, 0.1) is 0 Å². The highest BCUT2D eigenvalue weighted by Gasteiger charge is 2.29. The van der Waals surface area contributed by atoms with E-state index in [1.54, 1.807) is 0 Å². The molecule has 0 saturated carbocycles. The van der Waals surface area contributed by atoms with Crippen molar-refractivity contribution in [3.8, 4) is 0 Å². The third-order valence-electron chi connectivity index (χ3n) is 3.68. The first-order valence-corrected chi connectivity index (χ1v) is 7.46. The van der Waals surface area contributed by atoms with Crippen LogP contribution in [0.15, 0.2) is 22.8 Å². The summed E-state index contributed by atoms with van der Waals surface area (Å²) in [7, 11) is 0. The summed E-state index contributed by atoms with van der Waals surface area (Å²) in [6.45, 7) is 12.3. The van der Waals surface area contributed by atoms with E-state index in [4.69, 9.17) is 0 Å². The van der Waals surface area contributed by atoms with E-state index in [1.165, 1.54) is 5.69 Å². The van der Waals surface area contributed by atoms with Crippen LogP contribution >= 0.6 is 15.9 Å². The highest BCUT2D eigenvalue weighted by Crippen LogP contribution is 2.30. The van der Waals surface area contributed by atoms with Gasteiger partial charge in [0.25, 0.3) is 0 Å². The normalized spacial score (nSPS) is 15.1. The lowest BCUT2D eigenvalue weighted by atomic mass is 9.75. The molecule has 0 amide bonds. The van der Waals surface area contributed by atoms with Crippen molar-refractivity contribution >= 4 is 15.9 Å². The van der Waals surface area contributed by atoms with Crippen molar-refractivity contribution in [2.24, 2.45) is 11.3 Å². The maximum Gasteiger partial charge on any atom is 0.0413 e. The number of nitrogens with one attached hydrogen (secondary N) is 1. The molecular weight excluding hydrogens is 288 g/mol. The molecule has 18 heavy (non-hydrogen) atoms. The Morgan fingerprint density at radius 1 is 1.28 bits per heavy atom. The topological polar surface area (TPSA) is 24.9 Å². The molecule has 1 N–H and O–H groups in total. The molecule has 0 aromatic carbocycles. The second kappa shape index (κ2) is 6.67. The molecule has 1 rings (SSSR count). The molecule has 2 nitrogen and oxygen atoms in total. The van der Waals surface area contributed by atoms with E-state index >= 15 is 0 Å². The molecule has 0 saturated heterocycles. The quantitative estimate of drug-likeness (QED) is 0.857. The first-order chi connectivity index (χ1) is 8.33. The molecule has 0 bridgehead atoms. The van der Waals surface area contributed by atoms with Gasteiger partial charge in [-0.15, -0.1) is 0 Å². The highest BCUT2D eigenvalue weighted by atomic mass is 79.9. The van der Waals surface area contributed by atoms with Gasteiger partial charge < -0.3 is 5.32 Å². The lowest BCUT2D eigenvalue weighted by molar-refractivity contribution is 0.200. The number of nitrogens with zero attached hydrogens (tertiary/aromatic N) is 1. The molecule has 1 unspecified atom stereocenters. The SMILES string of the molecule is CC(C)NCC(C)(Cc1ccc(Br)cn1)C(C)C. The number of halogens is 1. The van der Waals surface area contributed by atoms with E-state index in [9.17, 15) is 0 Å². The maximum absolute atomic E-state index is 4.50. The second-order valence-electron chi connectivity index (χ2n) is 5.99. The van der Waals surface area contributed by atoms with Crippen LogP contribution in [-0.2, 0) is 6.42 Å². The van der Waals surface area contributed by atoms with Crippen molar-refractivity contribution in [1.29, 1.82) is 0 Å². The van der Waals surface area contributed by atoms with Gasteiger partial charge in [-0.1, -0.05) is 34.6 Å². The van der Waals surface area contributed by atoms with Gasteiger partial charge in [-0.25, -0.2) is 0 Å². The molecule has 0 spiro atoms.